The lowest BCUT2D eigenvalue weighted by atomic mass is 9.84. The summed E-state index contributed by atoms with van der Waals surface area (Å²) in [6.45, 7) is 0.562. The van der Waals surface area contributed by atoms with Crippen LogP contribution in [0, 0.1) is 0 Å². The van der Waals surface area contributed by atoms with Gasteiger partial charge in [-0.05, 0) is 16.7 Å². The number of benzene rings is 2. The van der Waals surface area contributed by atoms with Gasteiger partial charge in [0, 0.05) is 20.0 Å². The van der Waals surface area contributed by atoms with E-state index in [4.69, 9.17) is 0 Å². The normalized spacial score (nSPS) is 22.3. The van der Waals surface area contributed by atoms with Crippen molar-refractivity contribution in [2.24, 2.45) is 0 Å². The highest BCUT2D eigenvalue weighted by Crippen LogP contribution is 2.37. The number of hydrogen-bond donors (Lipinski definition) is 0. The number of nitrogens with zero attached hydrogens (tertiary/aromatic N) is 2. The largest absolute Gasteiger partial charge is 0.342 e. The first-order chi connectivity index (χ1) is 11.6. The molecule has 0 aliphatic carbocycles. The summed E-state index contributed by atoms with van der Waals surface area (Å²) in [5, 5.41) is 0. The first-order valence-corrected chi connectivity index (χ1v) is 8.33. The van der Waals surface area contributed by atoms with Crippen molar-refractivity contribution < 1.29 is 9.59 Å². The molecule has 2 bridgehead atoms. The molecule has 1 fully saturated rings. The van der Waals surface area contributed by atoms with Gasteiger partial charge in [0.25, 0.3) is 0 Å². The molecule has 2 amide bonds. The lowest BCUT2D eigenvalue weighted by Crippen LogP contribution is -2.62. The van der Waals surface area contributed by atoms with E-state index in [-0.39, 0.29) is 23.9 Å². The third kappa shape index (κ3) is 2.39. The van der Waals surface area contributed by atoms with Crippen LogP contribution in [0.15, 0.2) is 54.6 Å². The van der Waals surface area contributed by atoms with E-state index in [1.807, 2.05) is 54.4 Å². The molecule has 0 radical (unpaired) electrons. The Balaban J connectivity index is 1.70. The molecule has 2 aliphatic heterocycles. The highest BCUT2D eigenvalue weighted by molar-refractivity contribution is 5.91. The molecule has 0 aromatic heterocycles. The van der Waals surface area contributed by atoms with Gasteiger partial charge in [-0.15, -0.1) is 0 Å². The Labute approximate surface area is 141 Å². The van der Waals surface area contributed by atoms with Crippen LogP contribution < -0.4 is 0 Å². The number of amides is 2. The number of fused-ring (bicyclic) bond motifs is 4. The van der Waals surface area contributed by atoms with Crippen LogP contribution in [0.3, 0.4) is 0 Å². The lowest BCUT2D eigenvalue weighted by Gasteiger charge is -2.49. The molecule has 24 heavy (non-hydrogen) atoms. The van der Waals surface area contributed by atoms with Crippen molar-refractivity contribution in [3.05, 3.63) is 71.3 Å². The minimum atomic E-state index is -0.375. The first kappa shape index (κ1) is 14.9. The van der Waals surface area contributed by atoms with Gasteiger partial charge in [0.15, 0.2) is 0 Å². The molecule has 2 atom stereocenters. The summed E-state index contributed by atoms with van der Waals surface area (Å²) >= 11 is 0. The van der Waals surface area contributed by atoms with Crippen LogP contribution in [-0.4, -0.2) is 41.2 Å². The molecule has 4 rings (SSSR count). The second-order valence-electron chi connectivity index (χ2n) is 6.62. The Hall–Kier alpha value is -2.62. The van der Waals surface area contributed by atoms with Crippen LogP contribution in [-0.2, 0) is 22.4 Å². The fourth-order valence-electron chi connectivity index (χ4n) is 3.92. The summed E-state index contributed by atoms with van der Waals surface area (Å²) in [4.78, 5) is 29.2. The smallest absolute Gasteiger partial charge is 0.245 e. The quantitative estimate of drug-likeness (QED) is 0.851. The molecule has 0 unspecified atom stereocenters. The van der Waals surface area contributed by atoms with Crippen LogP contribution in [0.4, 0.5) is 0 Å². The second-order valence-corrected chi connectivity index (χ2v) is 6.62. The van der Waals surface area contributed by atoms with Gasteiger partial charge in [0.1, 0.15) is 6.04 Å². The lowest BCUT2D eigenvalue weighted by molar-refractivity contribution is -0.155. The highest BCUT2D eigenvalue weighted by atomic mass is 16.2. The summed E-state index contributed by atoms with van der Waals surface area (Å²) in [5.74, 6) is 0.0781. The maximum absolute atomic E-state index is 13.0. The van der Waals surface area contributed by atoms with Gasteiger partial charge in [0.2, 0.25) is 11.8 Å². The SMILES string of the molecule is CN1C[C@H]2c3ccccc3C[C@@H](C1=O)N2C(=O)Cc1ccccc1. The van der Waals surface area contributed by atoms with E-state index in [9.17, 15) is 9.59 Å². The van der Waals surface area contributed by atoms with E-state index < -0.39 is 0 Å². The molecular formula is C20H20N2O2. The van der Waals surface area contributed by atoms with Crippen molar-refractivity contribution in [2.45, 2.75) is 24.9 Å². The van der Waals surface area contributed by atoms with Crippen molar-refractivity contribution in [1.29, 1.82) is 0 Å². The monoisotopic (exact) mass is 320 g/mol. The van der Waals surface area contributed by atoms with Gasteiger partial charge in [-0.1, -0.05) is 54.6 Å². The predicted molar refractivity (Wildman–Crippen MR) is 91.3 cm³/mol. The molecule has 122 valence electrons. The van der Waals surface area contributed by atoms with Gasteiger partial charge < -0.3 is 9.80 Å². The first-order valence-electron chi connectivity index (χ1n) is 8.33. The van der Waals surface area contributed by atoms with E-state index in [2.05, 4.69) is 12.1 Å². The van der Waals surface area contributed by atoms with Gasteiger partial charge in [-0.3, -0.25) is 9.59 Å². The van der Waals surface area contributed by atoms with E-state index in [1.54, 1.807) is 4.90 Å². The topological polar surface area (TPSA) is 40.6 Å². The molecule has 4 heteroatoms. The molecule has 4 nitrogen and oxygen atoms in total. The Morgan fingerprint density at radius 2 is 1.75 bits per heavy atom. The third-order valence-corrected chi connectivity index (χ3v) is 5.09. The van der Waals surface area contributed by atoms with Gasteiger partial charge in [-0.25, -0.2) is 0 Å². The maximum Gasteiger partial charge on any atom is 0.245 e. The van der Waals surface area contributed by atoms with Crippen LogP contribution in [0.5, 0.6) is 0 Å². The number of rotatable bonds is 2. The van der Waals surface area contributed by atoms with Crippen molar-refractivity contribution in [1.82, 2.24) is 9.80 Å². The Morgan fingerprint density at radius 1 is 1.04 bits per heavy atom. The minimum absolute atomic E-state index is 0.0344. The Morgan fingerprint density at radius 3 is 2.54 bits per heavy atom. The zero-order valence-corrected chi connectivity index (χ0v) is 13.7. The Bertz CT molecular complexity index is 787. The molecule has 1 saturated heterocycles. The number of carbonyl (C=O) groups excluding carboxylic acids is 2. The van der Waals surface area contributed by atoms with Crippen LogP contribution in [0.1, 0.15) is 22.7 Å². The molecule has 2 aromatic carbocycles. The minimum Gasteiger partial charge on any atom is -0.342 e. The maximum atomic E-state index is 13.0. The van der Waals surface area contributed by atoms with Crippen LogP contribution in [0.2, 0.25) is 0 Å². The number of piperazine rings is 1. The molecule has 2 heterocycles. The fraction of sp³-hybridized carbons (Fsp3) is 0.300. The summed E-state index contributed by atoms with van der Waals surface area (Å²) in [6, 6.07) is 17.5. The van der Waals surface area contributed by atoms with E-state index in [1.165, 1.54) is 11.1 Å². The van der Waals surface area contributed by atoms with Gasteiger partial charge in [0.05, 0.1) is 12.5 Å². The second kappa shape index (κ2) is 5.78. The molecule has 0 N–H and O–H groups in total. The van der Waals surface area contributed by atoms with Crippen LogP contribution >= 0.6 is 0 Å². The number of likely N-dealkylation sites (N-methyl/N-ethyl adjacent to an activating group) is 1. The summed E-state index contributed by atoms with van der Waals surface area (Å²) in [7, 11) is 1.83. The standard InChI is InChI=1S/C20H20N2O2/c1-21-13-18-16-10-6-5-9-15(16)12-17(20(21)24)22(18)19(23)11-14-7-3-2-4-8-14/h2-10,17-18H,11-13H2,1H3/t17-,18-/m0/s1. The van der Waals surface area contributed by atoms with Gasteiger partial charge in [-0.2, -0.15) is 0 Å². The van der Waals surface area contributed by atoms with E-state index in [0.29, 0.717) is 19.4 Å². The summed E-state index contributed by atoms with van der Waals surface area (Å²) in [5.41, 5.74) is 3.35. The summed E-state index contributed by atoms with van der Waals surface area (Å²) < 4.78 is 0. The third-order valence-electron chi connectivity index (χ3n) is 5.09. The number of carbonyl (C=O) groups is 2. The van der Waals surface area contributed by atoms with Crippen molar-refractivity contribution in [3.8, 4) is 0 Å². The average molecular weight is 320 g/mol. The molecular weight excluding hydrogens is 300 g/mol. The fourth-order valence-corrected chi connectivity index (χ4v) is 3.92. The number of hydrogen-bond acceptors (Lipinski definition) is 2. The van der Waals surface area contributed by atoms with Crippen molar-refractivity contribution in [3.63, 3.8) is 0 Å². The van der Waals surface area contributed by atoms with Gasteiger partial charge >= 0.3 is 0 Å². The predicted octanol–water partition coefficient (Wildman–Crippen LogP) is 2.20. The average Bonchev–Trinajstić information content (AvgIpc) is 2.60. The Kier molecular flexibility index (Phi) is 3.60. The highest BCUT2D eigenvalue weighted by Gasteiger charge is 2.46. The van der Waals surface area contributed by atoms with Crippen molar-refractivity contribution in [2.75, 3.05) is 13.6 Å². The van der Waals surface area contributed by atoms with Crippen LogP contribution in [0.25, 0.3) is 0 Å². The summed E-state index contributed by atoms with van der Waals surface area (Å²) in [6.07, 6.45) is 0.948. The molecule has 2 aromatic rings. The molecule has 2 aliphatic rings. The molecule has 0 saturated carbocycles. The van der Waals surface area contributed by atoms with Crippen molar-refractivity contribution >= 4 is 11.8 Å². The molecule has 0 spiro atoms. The van der Waals surface area contributed by atoms with E-state index in [0.717, 1.165) is 5.56 Å². The zero-order chi connectivity index (χ0) is 16.7. The zero-order valence-electron chi connectivity index (χ0n) is 13.7. The van der Waals surface area contributed by atoms with E-state index >= 15 is 0 Å².